The summed E-state index contributed by atoms with van der Waals surface area (Å²) in [6, 6.07) is 18.3. The number of rotatable bonds is 7. The fourth-order valence-corrected chi connectivity index (χ4v) is 4.56. The number of benzene rings is 3. The number of para-hydroxylation sites is 1. The van der Waals surface area contributed by atoms with Crippen LogP contribution in [0.4, 0.5) is 5.13 Å². The van der Waals surface area contributed by atoms with Crippen LogP contribution in [0, 0.1) is 0 Å². The van der Waals surface area contributed by atoms with Crippen molar-refractivity contribution in [2.45, 2.75) is 4.90 Å². The molecule has 10 heteroatoms. The Bertz CT molecular complexity index is 1320. The maximum atomic E-state index is 12.5. The molecule has 0 fully saturated rings. The smallest absolute Gasteiger partial charge is 0.339 e. The number of ether oxygens (including phenoxy) is 1. The first kappa shape index (κ1) is 21.1. The Morgan fingerprint density at radius 3 is 2.58 bits per heavy atom. The number of hydrogen-bond donors (Lipinski definition) is 1. The van der Waals surface area contributed by atoms with E-state index >= 15 is 0 Å². The number of nitrogens with zero attached hydrogens (tertiary/aromatic N) is 2. The van der Waals surface area contributed by atoms with Gasteiger partial charge in [0.15, 0.2) is 11.5 Å². The van der Waals surface area contributed by atoms with Gasteiger partial charge in [0, 0.05) is 5.02 Å². The van der Waals surface area contributed by atoms with E-state index in [9.17, 15) is 8.42 Å². The van der Waals surface area contributed by atoms with E-state index in [0.717, 1.165) is 10.2 Å². The van der Waals surface area contributed by atoms with Crippen molar-refractivity contribution >= 4 is 54.6 Å². The first-order chi connectivity index (χ1) is 14.9. The van der Waals surface area contributed by atoms with Crippen LogP contribution in [-0.4, -0.2) is 26.7 Å². The van der Waals surface area contributed by atoms with E-state index in [4.69, 9.17) is 20.5 Å². The van der Waals surface area contributed by atoms with Gasteiger partial charge in [-0.1, -0.05) is 35.1 Å². The number of fused-ring (bicyclic) bond motifs is 1. The van der Waals surface area contributed by atoms with Gasteiger partial charge in [-0.15, -0.1) is 0 Å². The summed E-state index contributed by atoms with van der Waals surface area (Å²) < 4.78 is 36.6. The molecule has 0 saturated heterocycles. The van der Waals surface area contributed by atoms with Crippen molar-refractivity contribution in [2.24, 2.45) is 5.10 Å². The van der Waals surface area contributed by atoms with Gasteiger partial charge >= 0.3 is 10.1 Å². The number of aromatic nitrogens is 1. The molecular weight excluding hydrogens is 458 g/mol. The fraction of sp³-hybridized carbons (Fsp3) is 0.0476. The molecule has 3 aromatic carbocycles. The Balaban J connectivity index is 1.49. The molecule has 0 bridgehead atoms. The van der Waals surface area contributed by atoms with Crippen LogP contribution in [0.3, 0.4) is 0 Å². The van der Waals surface area contributed by atoms with Crippen molar-refractivity contribution in [2.75, 3.05) is 12.5 Å². The van der Waals surface area contributed by atoms with Crippen molar-refractivity contribution in [3.8, 4) is 11.5 Å². The van der Waals surface area contributed by atoms with Crippen LogP contribution in [0.2, 0.25) is 5.02 Å². The van der Waals surface area contributed by atoms with E-state index < -0.39 is 10.1 Å². The minimum atomic E-state index is -4.03. The average molecular weight is 474 g/mol. The van der Waals surface area contributed by atoms with Crippen LogP contribution < -0.4 is 14.3 Å². The largest absolute Gasteiger partial charge is 0.493 e. The van der Waals surface area contributed by atoms with Crippen molar-refractivity contribution in [3.63, 3.8) is 0 Å². The van der Waals surface area contributed by atoms with Crippen molar-refractivity contribution < 1.29 is 17.3 Å². The molecule has 0 amide bonds. The number of thiazole rings is 1. The predicted octanol–water partition coefficient (Wildman–Crippen LogP) is 5.17. The highest BCUT2D eigenvalue weighted by molar-refractivity contribution is 7.87. The van der Waals surface area contributed by atoms with Gasteiger partial charge in [-0.25, -0.2) is 4.98 Å². The summed E-state index contributed by atoms with van der Waals surface area (Å²) in [6.07, 6.45) is 1.58. The van der Waals surface area contributed by atoms with Crippen LogP contribution in [0.1, 0.15) is 5.56 Å². The van der Waals surface area contributed by atoms with Gasteiger partial charge in [-0.3, -0.25) is 5.43 Å². The number of halogens is 1. The summed E-state index contributed by atoms with van der Waals surface area (Å²) in [5.74, 6) is 0.315. The second-order valence-corrected chi connectivity index (χ2v) is 9.27. The number of methoxy groups -OCH3 is 1. The van der Waals surface area contributed by atoms with Gasteiger partial charge in [-0.05, 0) is 60.2 Å². The topological polar surface area (TPSA) is 89.9 Å². The van der Waals surface area contributed by atoms with E-state index in [1.165, 1.54) is 48.8 Å². The maximum absolute atomic E-state index is 12.5. The molecule has 7 nitrogen and oxygen atoms in total. The van der Waals surface area contributed by atoms with Crippen molar-refractivity contribution in [1.82, 2.24) is 4.98 Å². The molecule has 1 aromatic heterocycles. The summed E-state index contributed by atoms with van der Waals surface area (Å²) in [5.41, 5.74) is 4.48. The second-order valence-electron chi connectivity index (χ2n) is 6.26. The molecule has 1 heterocycles. The summed E-state index contributed by atoms with van der Waals surface area (Å²) in [7, 11) is -2.60. The molecule has 0 saturated carbocycles. The first-order valence-electron chi connectivity index (χ1n) is 8.97. The minimum absolute atomic E-state index is 0.00960. The zero-order valence-electron chi connectivity index (χ0n) is 16.2. The van der Waals surface area contributed by atoms with Gasteiger partial charge in [-0.2, -0.15) is 13.5 Å². The van der Waals surface area contributed by atoms with Gasteiger partial charge in [0.25, 0.3) is 0 Å². The van der Waals surface area contributed by atoms with Gasteiger partial charge in [0.05, 0.1) is 23.5 Å². The molecule has 4 rings (SSSR count). The van der Waals surface area contributed by atoms with E-state index in [0.29, 0.717) is 15.7 Å². The summed E-state index contributed by atoms with van der Waals surface area (Å²) in [4.78, 5) is 4.43. The van der Waals surface area contributed by atoms with Crippen LogP contribution in [0.5, 0.6) is 11.5 Å². The maximum Gasteiger partial charge on any atom is 0.339 e. The van der Waals surface area contributed by atoms with Gasteiger partial charge in [0.1, 0.15) is 4.90 Å². The van der Waals surface area contributed by atoms with E-state index in [1.54, 1.807) is 18.3 Å². The molecule has 0 aliphatic heterocycles. The third-order valence-electron chi connectivity index (χ3n) is 4.16. The zero-order chi connectivity index (χ0) is 21.8. The monoisotopic (exact) mass is 473 g/mol. The lowest BCUT2D eigenvalue weighted by Crippen LogP contribution is -2.10. The second kappa shape index (κ2) is 8.93. The van der Waals surface area contributed by atoms with E-state index in [-0.39, 0.29) is 16.4 Å². The van der Waals surface area contributed by atoms with Gasteiger partial charge in [0.2, 0.25) is 5.13 Å². The Kier molecular flexibility index (Phi) is 6.08. The lowest BCUT2D eigenvalue weighted by Gasteiger charge is -2.11. The lowest BCUT2D eigenvalue weighted by molar-refractivity contribution is 0.390. The zero-order valence-corrected chi connectivity index (χ0v) is 18.5. The quantitative estimate of drug-likeness (QED) is 0.226. The third kappa shape index (κ3) is 4.96. The highest BCUT2D eigenvalue weighted by Crippen LogP contribution is 2.31. The van der Waals surface area contributed by atoms with Gasteiger partial charge < -0.3 is 8.92 Å². The highest BCUT2D eigenvalue weighted by Gasteiger charge is 2.19. The van der Waals surface area contributed by atoms with E-state index in [2.05, 4.69) is 15.5 Å². The van der Waals surface area contributed by atoms with Crippen molar-refractivity contribution in [3.05, 3.63) is 77.3 Å². The molecular formula is C21H16ClN3O4S2. The normalized spacial score (nSPS) is 11.7. The van der Waals surface area contributed by atoms with Crippen molar-refractivity contribution in [1.29, 1.82) is 0 Å². The number of anilines is 1. The molecule has 0 aliphatic carbocycles. The molecule has 158 valence electrons. The lowest BCUT2D eigenvalue weighted by atomic mass is 10.2. The molecule has 0 unspecified atom stereocenters. The molecule has 0 spiro atoms. The Hall–Kier alpha value is -3.14. The summed E-state index contributed by atoms with van der Waals surface area (Å²) in [5, 5.41) is 5.28. The molecule has 1 N–H and O–H groups in total. The molecule has 31 heavy (non-hydrogen) atoms. The molecule has 4 aromatic rings. The standard InChI is InChI=1S/C21H16ClN3O4S2/c1-28-19-12-14(13-23-25-21-24-17-4-2-3-5-20(17)30-21)6-11-18(19)29-31(26,27)16-9-7-15(22)8-10-16/h2-13H,1H3,(H,24,25)/b23-13-. The Morgan fingerprint density at radius 2 is 1.84 bits per heavy atom. The first-order valence-corrected chi connectivity index (χ1v) is 11.6. The minimum Gasteiger partial charge on any atom is -0.493 e. The Labute approximate surface area is 188 Å². The van der Waals surface area contributed by atoms with E-state index in [1.807, 2.05) is 24.3 Å². The van der Waals surface area contributed by atoms with Crippen LogP contribution in [-0.2, 0) is 10.1 Å². The molecule has 0 radical (unpaired) electrons. The highest BCUT2D eigenvalue weighted by atomic mass is 35.5. The fourth-order valence-electron chi connectivity index (χ4n) is 2.68. The van der Waals surface area contributed by atoms with Crippen LogP contribution in [0.15, 0.2) is 76.7 Å². The third-order valence-corrected chi connectivity index (χ3v) is 6.60. The SMILES string of the molecule is COc1cc(/C=N\Nc2nc3ccccc3s2)ccc1OS(=O)(=O)c1ccc(Cl)cc1. The van der Waals surface area contributed by atoms with Crippen LogP contribution in [0.25, 0.3) is 10.2 Å². The number of hydrogen-bond acceptors (Lipinski definition) is 8. The summed E-state index contributed by atoms with van der Waals surface area (Å²) >= 11 is 7.30. The number of nitrogens with one attached hydrogen (secondary N) is 1. The number of hydrazone groups is 1. The average Bonchev–Trinajstić information content (AvgIpc) is 3.17. The molecule has 0 atom stereocenters. The van der Waals surface area contributed by atoms with Crippen LogP contribution >= 0.6 is 22.9 Å². The Morgan fingerprint density at radius 1 is 1.06 bits per heavy atom. The molecule has 0 aliphatic rings. The predicted molar refractivity (Wildman–Crippen MR) is 123 cm³/mol. The summed E-state index contributed by atoms with van der Waals surface area (Å²) in [6.45, 7) is 0.